The Bertz CT molecular complexity index is 456. The summed E-state index contributed by atoms with van der Waals surface area (Å²) in [7, 11) is 1.35. The van der Waals surface area contributed by atoms with Crippen LogP contribution in [0.3, 0.4) is 0 Å². The number of pyridine rings is 1. The lowest BCUT2D eigenvalue weighted by Crippen LogP contribution is -2.23. The first-order valence-corrected chi connectivity index (χ1v) is 5.84. The van der Waals surface area contributed by atoms with Gasteiger partial charge in [-0.3, -0.25) is 4.79 Å². The molecular weight excluding hydrogens is 258 g/mol. The molecule has 1 aromatic heterocycles. The smallest absolute Gasteiger partial charge is 0.388 e. The van der Waals surface area contributed by atoms with Gasteiger partial charge in [-0.25, -0.2) is 4.98 Å². The van der Waals surface area contributed by atoms with Gasteiger partial charge in [0.25, 0.3) is 0 Å². The van der Waals surface area contributed by atoms with E-state index < -0.39 is 6.61 Å². The van der Waals surface area contributed by atoms with Crippen molar-refractivity contribution >= 4 is 11.7 Å². The monoisotopic (exact) mass is 272 g/mol. The summed E-state index contributed by atoms with van der Waals surface area (Å²) in [6, 6.07) is 3.13. The van der Waals surface area contributed by atoms with Crippen LogP contribution < -0.4 is 9.64 Å². The topological polar surface area (TPSA) is 51.7 Å². The zero-order chi connectivity index (χ0) is 13.8. The van der Waals surface area contributed by atoms with Gasteiger partial charge in [0.15, 0.2) is 0 Å². The Morgan fingerprint density at radius 3 is 3.05 bits per heavy atom. The molecule has 1 atom stereocenters. The molecule has 0 bridgehead atoms. The summed E-state index contributed by atoms with van der Waals surface area (Å²) in [5.41, 5.74) is 0.706. The van der Waals surface area contributed by atoms with Crippen molar-refractivity contribution in [2.45, 2.75) is 13.0 Å². The summed E-state index contributed by atoms with van der Waals surface area (Å²) in [6.45, 7) is -1.73. The van der Waals surface area contributed by atoms with Gasteiger partial charge in [0.2, 0.25) is 5.88 Å². The fourth-order valence-electron chi connectivity index (χ4n) is 2.11. The highest BCUT2D eigenvalue weighted by Gasteiger charge is 2.29. The number of hydrogen-bond acceptors (Lipinski definition) is 5. The number of methoxy groups -OCH3 is 1. The highest BCUT2D eigenvalue weighted by Crippen LogP contribution is 2.26. The second-order valence-electron chi connectivity index (χ2n) is 4.19. The molecule has 0 amide bonds. The first-order valence-electron chi connectivity index (χ1n) is 5.84. The van der Waals surface area contributed by atoms with E-state index in [1.54, 1.807) is 6.07 Å². The summed E-state index contributed by atoms with van der Waals surface area (Å²) in [6.07, 6.45) is 2.08. The van der Waals surface area contributed by atoms with Gasteiger partial charge in [0.1, 0.15) is 0 Å². The van der Waals surface area contributed by atoms with Crippen LogP contribution in [0, 0.1) is 5.92 Å². The van der Waals surface area contributed by atoms with E-state index in [1.165, 1.54) is 19.4 Å². The number of anilines is 1. The number of aromatic nitrogens is 1. The van der Waals surface area contributed by atoms with Crippen molar-refractivity contribution in [3.63, 3.8) is 0 Å². The lowest BCUT2D eigenvalue weighted by Gasteiger charge is -2.18. The summed E-state index contributed by atoms with van der Waals surface area (Å²) in [5, 5.41) is 0. The molecule has 7 heteroatoms. The summed E-state index contributed by atoms with van der Waals surface area (Å²) < 4.78 is 33.2. The van der Waals surface area contributed by atoms with E-state index in [0.717, 1.165) is 0 Å². The molecule has 0 aliphatic carbocycles. The van der Waals surface area contributed by atoms with Gasteiger partial charge in [-0.2, -0.15) is 8.78 Å². The zero-order valence-corrected chi connectivity index (χ0v) is 10.4. The Labute approximate surface area is 109 Å². The second kappa shape index (κ2) is 5.81. The lowest BCUT2D eigenvalue weighted by atomic mass is 10.1. The van der Waals surface area contributed by atoms with Gasteiger partial charge in [-0.1, -0.05) is 0 Å². The molecule has 0 aromatic carbocycles. The van der Waals surface area contributed by atoms with E-state index in [-0.39, 0.29) is 17.8 Å². The molecule has 0 unspecified atom stereocenters. The predicted octanol–water partition coefficient (Wildman–Crippen LogP) is 1.68. The average molecular weight is 272 g/mol. The molecule has 0 saturated carbocycles. The van der Waals surface area contributed by atoms with E-state index in [1.807, 2.05) is 4.90 Å². The molecular formula is C12H14F2N2O3. The maximum Gasteiger partial charge on any atom is 0.388 e. The largest absolute Gasteiger partial charge is 0.469 e. The molecule has 1 aromatic rings. The third kappa shape index (κ3) is 3.30. The predicted molar refractivity (Wildman–Crippen MR) is 63.2 cm³/mol. The number of nitrogens with zero attached hydrogens (tertiary/aromatic N) is 2. The molecule has 0 radical (unpaired) electrons. The van der Waals surface area contributed by atoms with Crippen LogP contribution in [0.2, 0.25) is 0 Å². The number of carbonyl (C=O) groups is 1. The Kier molecular flexibility index (Phi) is 4.13. The highest BCUT2D eigenvalue weighted by atomic mass is 19.3. The van der Waals surface area contributed by atoms with Gasteiger partial charge in [-0.05, 0) is 12.5 Å². The van der Waals surface area contributed by atoms with Crippen LogP contribution in [0.5, 0.6) is 5.88 Å². The maximum absolute atomic E-state index is 12.1. The number of rotatable bonds is 4. The Morgan fingerprint density at radius 1 is 1.58 bits per heavy atom. The van der Waals surface area contributed by atoms with Crippen molar-refractivity contribution in [2.24, 2.45) is 5.92 Å². The Balaban J connectivity index is 2.05. The molecule has 2 heterocycles. The molecule has 1 saturated heterocycles. The van der Waals surface area contributed by atoms with Crippen LogP contribution >= 0.6 is 0 Å². The number of halogens is 2. The second-order valence-corrected chi connectivity index (χ2v) is 4.19. The maximum atomic E-state index is 12.1. The van der Waals surface area contributed by atoms with Crippen molar-refractivity contribution in [3.05, 3.63) is 18.3 Å². The van der Waals surface area contributed by atoms with Gasteiger partial charge < -0.3 is 14.4 Å². The summed E-state index contributed by atoms with van der Waals surface area (Å²) >= 11 is 0. The molecule has 104 valence electrons. The standard InChI is InChI=1S/C12H14F2N2O3/c1-18-11(17)8-3-5-16(7-8)9-2-4-15-10(6-9)19-12(13)14/h2,4,6,8,12H,3,5,7H2,1H3/t8-/m1/s1. The third-order valence-corrected chi connectivity index (χ3v) is 3.02. The van der Waals surface area contributed by atoms with Crippen molar-refractivity contribution < 1.29 is 23.0 Å². The van der Waals surface area contributed by atoms with Crippen LogP contribution in [0.4, 0.5) is 14.5 Å². The van der Waals surface area contributed by atoms with E-state index in [2.05, 4.69) is 9.72 Å². The SMILES string of the molecule is COC(=O)[C@@H]1CCN(c2ccnc(OC(F)F)c2)C1. The molecule has 1 aliphatic rings. The molecule has 1 fully saturated rings. The fourth-order valence-corrected chi connectivity index (χ4v) is 2.11. The van der Waals surface area contributed by atoms with E-state index in [4.69, 9.17) is 4.74 Å². The van der Waals surface area contributed by atoms with Gasteiger partial charge in [0, 0.05) is 31.0 Å². The van der Waals surface area contributed by atoms with Gasteiger partial charge in [0.05, 0.1) is 13.0 Å². The number of carbonyl (C=O) groups excluding carboxylic acids is 1. The summed E-state index contributed by atoms with van der Waals surface area (Å²) in [4.78, 5) is 17.0. The number of alkyl halides is 2. The van der Waals surface area contributed by atoms with Crippen molar-refractivity contribution in [2.75, 3.05) is 25.1 Å². The van der Waals surface area contributed by atoms with E-state index >= 15 is 0 Å². The molecule has 1 aliphatic heterocycles. The molecule has 0 spiro atoms. The van der Waals surface area contributed by atoms with Crippen LogP contribution in [-0.4, -0.2) is 37.8 Å². The van der Waals surface area contributed by atoms with Crippen LogP contribution in [-0.2, 0) is 9.53 Å². The molecule has 0 N–H and O–H groups in total. The number of esters is 1. The summed E-state index contributed by atoms with van der Waals surface area (Å²) in [5.74, 6) is -0.563. The Hall–Kier alpha value is -1.92. The van der Waals surface area contributed by atoms with Crippen LogP contribution in [0.1, 0.15) is 6.42 Å². The molecule has 19 heavy (non-hydrogen) atoms. The van der Waals surface area contributed by atoms with Crippen LogP contribution in [0.15, 0.2) is 18.3 Å². The third-order valence-electron chi connectivity index (χ3n) is 3.02. The van der Waals surface area contributed by atoms with Gasteiger partial charge in [-0.15, -0.1) is 0 Å². The first-order chi connectivity index (χ1) is 9.10. The van der Waals surface area contributed by atoms with Crippen molar-refractivity contribution in [3.8, 4) is 5.88 Å². The zero-order valence-electron chi connectivity index (χ0n) is 10.4. The minimum atomic E-state index is -2.90. The molecule has 5 nitrogen and oxygen atoms in total. The normalized spacial score (nSPS) is 18.7. The van der Waals surface area contributed by atoms with Gasteiger partial charge >= 0.3 is 12.6 Å². The number of hydrogen-bond donors (Lipinski definition) is 0. The van der Waals surface area contributed by atoms with E-state index in [0.29, 0.717) is 25.2 Å². The first kappa shape index (κ1) is 13.5. The lowest BCUT2D eigenvalue weighted by molar-refractivity contribution is -0.144. The van der Waals surface area contributed by atoms with Crippen molar-refractivity contribution in [1.82, 2.24) is 4.98 Å². The highest BCUT2D eigenvalue weighted by molar-refractivity contribution is 5.74. The Morgan fingerprint density at radius 2 is 2.37 bits per heavy atom. The minimum Gasteiger partial charge on any atom is -0.469 e. The quantitative estimate of drug-likeness (QED) is 0.781. The number of ether oxygens (including phenoxy) is 2. The molecule has 2 rings (SSSR count). The van der Waals surface area contributed by atoms with Crippen LogP contribution in [0.25, 0.3) is 0 Å². The van der Waals surface area contributed by atoms with E-state index in [9.17, 15) is 13.6 Å². The fraction of sp³-hybridized carbons (Fsp3) is 0.500. The average Bonchev–Trinajstić information content (AvgIpc) is 2.87. The minimum absolute atomic E-state index is 0.131. The van der Waals surface area contributed by atoms with Crippen molar-refractivity contribution in [1.29, 1.82) is 0 Å².